The van der Waals surface area contributed by atoms with Gasteiger partial charge in [0.2, 0.25) is 0 Å². The van der Waals surface area contributed by atoms with Crippen LogP contribution < -0.4 is 0 Å². The summed E-state index contributed by atoms with van der Waals surface area (Å²) in [6.45, 7) is 3.94. The van der Waals surface area contributed by atoms with Gasteiger partial charge in [-0.05, 0) is 26.8 Å². The molecule has 124 valence electrons. The van der Waals surface area contributed by atoms with Crippen LogP contribution in [0.15, 0.2) is 24.3 Å². The summed E-state index contributed by atoms with van der Waals surface area (Å²) in [5.74, 6) is -7.75. The normalized spacial score (nSPS) is 16.6. The lowest BCUT2D eigenvalue weighted by atomic mass is 9.85. The van der Waals surface area contributed by atoms with Crippen LogP contribution in [-0.2, 0) is 21.7 Å². The van der Waals surface area contributed by atoms with E-state index in [0.717, 1.165) is 26.1 Å². The zero-order valence-electron chi connectivity index (χ0n) is 12.6. The molecule has 2 atom stereocenters. The molecule has 22 heavy (non-hydrogen) atoms. The fourth-order valence-corrected chi connectivity index (χ4v) is 3.30. The number of benzene rings is 1. The highest BCUT2D eigenvalue weighted by atomic mass is 32.2. The van der Waals surface area contributed by atoms with Crippen molar-refractivity contribution in [2.45, 2.75) is 37.5 Å². The minimum Gasteiger partial charge on any atom is -0.598 e. The van der Waals surface area contributed by atoms with Gasteiger partial charge in [0, 0.05) is 24.0 Å². The molecule has 0 aliphatic heterocycles. The van der Waals surface area contributed by atoms with Crippen LogP contribution in [0.3, 0.4) is 0 Å². The molecule has 0 aliphatic rings. The number of nitrogens with zero attached hydrogens (tertiary/aromatic N) is 1. The molecular formula is C14H18F3NO3S. The third kappa shape index (κ3) is 2.95. The third-order valence-corrected chi connectivity index (χ3v) is 5.29. The monoisotopic (exact) mass is 337 g/mol. The number of halogens is 3. The van der Waals surface area contributed by atoms with Crippen LogP contribution in [0.5, 0.6) is 0 Å². The first-order chi connectivity index (χ1) is 9.97. The Labute approximate surface area is 130 Å². The Bertz CT molecular complexity index is 556. The Morgan fingerprint density at radius 2 is 1.86 bits per heavy atom. The Kier molecular flexibility index (Phi) is 5.53. The minimum absolute atomic E-state index is 0.529. The van der Waals surface area contributed by atoms with Crippen LogP contribution in [0, 0.1) is 5.82 Å². The third-order valence-electron chi connectivity index (χ3n) is 3.58. The fraction of sp³-hybridized carbons (Fsp3) is 0.500. The summed E-state index contributed by atoms with van der Waals surface area (Å²) in [5.41, 5.74) is -3.14. The van der Waals surface area contributed by atoms with E-state index in [1.165, 1.54) is 26.0 Å². The zero-order chi connectivity index (χ0) is 17.3. The summed E-state index contributed by atoms with van der Waals surface area (Å²) in [7, 11) is 1.10. The molecule has 0 spiro atoms. The summed E-state index contributed by atoms with van der Waals surface area (Å²) < 4.78 is 55.8. The number of carboxylic acid groups (broad SMARTS) is 1. The fourth-order valence-electron chi connectivity index (χ4n) is 2.10. The topological polar surface area (TPSA) is 63.6 Å². The van der Waals surface area contributed by atoms with Crippen LogP contribution in [0.1, 0.15) is 26.3 Å². The number of hydrogen-bond acceptors (Lipinski definition) is 3. The van der Waals surface area contributed by atoms with Crippen molar-refractivity contribution in [1.82, 2.24) is 4.31 Å². The summed E-state index contributed by atoms with van der Waals surface area (Å²) >= 11 is -1.93. The van der Waals surface area contributed by atoms with Gasteiger partial charge in [0.05, 0.1) is 0 Å². The van der Waals surface area contributed by atoms with Gasteiger partial charge < -0.3 is 9.66 Å². The van der Waals surface area contributed by atoms with Gasteiger partial charge in [-0.2, -0.15) is 8.78 Å². The van der Waals surface area contributed by atoms with E-state index in [-0.39, 0.29) is 0 Å². The van der Waals surface area contributed by atoms with Crippen molar-refractivity contribution in [1.29, 1.82) is 0 Å². The maximum Gasteiger partial charge on any atom is 0.377 e. The van der Waals surface area contributed by atoms with E-state index < -0.39 is 45.4 Å². The summed E-state index contributed by atoms with van der Waals surface area (Å²) in [5, 5.41) is 8.36. The lowest BCUT2D eigenvalue weighted by molar-refractivity contribution is -0.185. The maximum atomic E-state index is 14.4. The second kappa shape index (κ2) is 6.47. The Morgan fingerprint density at radius 3 is 2.27 bits per heavy atom. The van der Waals surface area contributed by atoms with Gasteiger partial charge in [0.15, 0.2) is 5.54 Å². The first-order valence-electron chi connectivity index (χ1n) is 6.48. The average molecular weight is 337 g/mol. The molecule has 0 amide bonds. The highest BCUT2D eigenvalue weighted by molar-refractivity contribution is 7.89. The lowest BCUT2D eigenvalue weighted by Gasteiger charge is -2.42. The molecule has 1 unspecified atom stereocenters. The molecule has 0 aliphatic carbocycles. The quantitative estimate of drug-likeness (QED) is 0.811. The van der Waals surface area contributed by atoms with Crippen LogP contribution >= 0.6 is 0 Å². The van der Waals surface area contributed by atoms with Crippen molar-refractivity contribution in [2.24, 2.45) is 0 Å². The molecule has 0 aromatic heterocycles. The number of carbonyl (C=O) groups is 1. The molecular weight excluding hydrogens is 319 g/mol. The van der Waals surface area contributed by atoms with E-state index in [9.17, 15) is 22.5 Å². The molecule has 0 saturated heterocycles. The molecule has 0 fully saturated rings. The lowest BCUT2D eigenvalue weighted by Crippen LogP contribution is -2.61. The number of hydrogen-bond donors (Lipinski definition) is 1. The predicted molar refractivity (Wildman–Crippen MR) is 77.4 cm³/mol. The first kappa shape index (κ1) is 18.8. The van der Waals surface area contributed by atoms with Crippen molar-refractivity contribution in [3.05, 3.63) is 35.6 Å². The SMILES string of the molecule is CC(C)[S@@+]([O-])N(C)C(C)(c1ccccc1F)C(F)(F)C(=O)O. The molecule has 0 bridgehead atoms. The van der Waals surface area contributed by atoms with E-state index in [2.05, 4.69) is 0 Å². The van der Waals surface area contributed by atoms with Crippen LogP contribution in [0.25, 0.3) is 0 Å². The summed E-state index contributed by atoms with van der Waals surface area (Å²) in [6.07, 6.45) is 0. The number of aliphatic carboxylic acids is 1. The zero-order valence-corrected chi connectivity index (χ0v) is 13.5. The molecule has 1 aromatic carbocycles. The second-order valence-electron chi connectivity index (χ2n) is 5.25. The van der Waals surface area contributed by atoms with Gasteiger partial charge in [0.1, 0.15) is 11.1 Å². The molecule has 0 heterocycles. The summed E-state index contributed by atoms with van der Waals surface area (Å²) in [6, 6.07) is 4.65. The van der Waals surface area contributed by atoms with Crippen LogP contribution in [0.4, 0.5) is 13.2 Å². The van der Waals surface area contributed by atoms with Crippen LogP contribution in [0.2, 0.25) is 0 Å². The van der Waals surface area contributed by atoms with Crippen molar-refractivity contribution in [2.75, 3.05) is 7.05 Å². The largest absolute Gasteiger partial charge is 0.598 e. The Morgan fingerprint density at radius 1 is 1.36 bits per heavy atom. The minimum atomic E-state index is -4.35. The van der Waals surface area contributed by atoms with Gasteiger partial charge in [-0.15, -0.1) is 4.31 Å². The van der Waals surface area contributed by atoms with Gasteiger partial charge in [-0.25, -0.2) is 9.18 Å². The van der Waals surface area contributed by atoms with Crippen molar-refractivity contribution < 1.29 is 27.6 Å². The highest BCUT2D eigenvalue weighted by Gasteiger charge is 2.64. The predicted octanol–water partition coefficient (Wildman–Crippen LogP) is 2.76. The van der Waals surface area contributed by atoms with Gasteiger partial charge >= 0.3 is 11.9 Å². The maximum absolute atomic E-state index is 14.4. The van der Waals surface area contributed by atoms with E-state index in [1.807, 2.05) is 0 Å². The second-order valence-corrected chi connectivity index (χ2v) is 7.30. The molecule has 8 heteroatoms. The molecule has 1 rings (SSSR count). The molecule has 1 aromatic rings. The first-order valence-corrected chi connectivity index (χ1v) is 7.65. The molecule has 4 nitrogen and oxygen atoms in total. The summed E-state index contributed by atoms with van der Waals surface area (Å²) in [4.78, 5) is 11.1. The number of alkyl halides is 2. The smallest absolute Gasteiger partial charge is 0.377 e. The Hall–Kier alpha value is -1.25. The van der Waals surface area contributed by atoms with Crippen molar-refractivity contribution in [3.8, 4) is 0 Å². The van der Waals surface area contributed by atoms with E-state index in [4.69, 9.17) is 5.11 Å². The standard InChI is InChI=1S/C14H18F3NO3S/c1-9(2)22(21)18(4)13(3,14(16,17)12(19)20)10-7-5-6-8-11(10)15/h5-9H,1-4H3,(H,19,20)/t13?,22-/m1/s1. The Balaban J connectivity index is 3.60. The van der Waals surface area contributed by atoms with Crippen molar-refractivity contribution in [3.63, 3.8) is 0 Å². The van der Waals surface area contributed by atoms with Crippen LogP contribution in [-0.4, -0.2) is 38.2 Å². The van der Waals surface area contributed by atoms with Gasteiger partial charge in [-0.1, -0.05) is 18.2 Å². The van der Waals surface area contributed by atoms with E-state index in [1.54, 1.807) is 0 Å². The number of rotatable bonds is 6. The highest BCUT2D eigenvalue weighted by Crippen LogP contribution is 2.44. The van der Waals surface area contributed by atoms with E-state index >= 15 is 0 Å². The van der Waals surface area contributed by atoms with Gasteiger partial charge in [0.25, 0.3) is 0 Å². The van der Waals surface area contributed by atoms with Gasteiger partial charge in [-0.3, -0.25) is 0 Å². The van der Waals surface area contributed by atoms with E-state index in [0.29, 0.717) is 4.31 Å². The number of carboxylic acids is 1. The average Bonchev–Trinajstić information content (AvgIpc) is 2.44. The molecule has 0 radical (unpaired) electrons. The molecule has 0 saturated carbocycles. The molecule has 1 N–H and O–H groups in total. The van der Waals surface area contributed by atoms with Crippen molar-refractivity contribution >= 4 is 17.3 Å².